The van der Waals surface area contributed by atoms with Crippen molar-refractivity contribution < 1.29 is 0 Å². The second kappa shape index (κ2) is 4.48. The van der Waals surface area contributed by atoms with Crippen LogP contribution >= 0.6 is 0 Å². The van der Waals surface area contributed by atoms with E-state index >= 15 is 0 Å². The summed E-state index contributed by atoms with van der Waals surface area (Å²) in [7, 11) is 3.72. The zero-order valence-corrected chi connectivity index (χ0v) is 10.4. The number of aromatic nitrogens is 3. The second-order valence-electron chi connectivity index (χ2n) is 4.70. The molecule has 0 fully saturated rings. The fraction of sp³-hybridized carbons (Fsp3) is 0.667. The van der Waals surface area contributed by atoms with E-state index in [-0.39, 0.29) is 5.54 Å². The average Bonchev–Trinajstić information content (AvgIpc) is 2.14. The molecule has 0 saturated carbocycles. The Hall–Kier alpha value is -1.63. The maximum atomic E-state index is 5.30. The van der Waals surface area contributed by atoms with Crippen molar-refractivity contribution in [3.63, 3.8) is 0 Å². The topological polar surface area (TPSA) is 92.0 Å². The fourth-order valence-corrected chi connectivity index (χ4v) is 1.02. The molecule has 0 saturated heterocycles. The smallest absolute Gasteiger partial charge is 0.243 e. The van der Waals surface area contributed by atoms with Crippen molar-refractivity contribution >= 4 is 17.8 Å². The third-order valence-corrected chi connectivity index (χ3v) is 1.64. The van der Waals surface area contributed by atoms with Gasteiger partial charge in [-0.25, -0.2) is 5.84 Å². The van der Waals surface area contributed by atoms with E-state index in [2.05, 4.69) is 25.7 Å². The van der Waals surface area contributed by atoms with Gasteiger partial charge < -0.3 is 10.2 Å². The van der Waals surface area contributed by atoms with Gasteiger partial charge in [-0.3, -0.25) is 5.43 Å². The van der Waals surface area contributed by atoms with E-state index in [9.17, 15) is 0 Å². The summed E-state index contributed by atoms with van der Waals surface area (Å²) in [5.74, 6) is 6.69. The molecule has 1 aromatic heterocycles. The first kappa shape index (κ1) is 12.4. The zero-order valence-electron chi connectivity index (χ0n) is 10.4. The summed E-state index contributed by atoms with van der Waals surface area (Å²) < 4.78 is 0. The Balaban J connectivity index is 3.04. The lowest BCUT2D eigenvalue weighted by atomic mass is 10.1. The Morgan fingerprint density at radius 3 is 2.06 bits per heavy atom. The molecule has 90 valence electrons. The summed E-state index contributed by atoms with van der Waals surface area (Å²) in [6, 6.07) is 0. The van der Waals surface area contributed by atoms with Crippen LogP contribution in [0.4, 0.5) is 17.8 Å². The molecule has 1 heterocycles. The lowest BCUT2D eigenvalue weighted by Gasteiger charge is -2.21. The van der Waals surface area contributed by atoms with Crippen molar-refractivity contribution in [3.8, 4) is 0 Å². The monoisotopic (exact) mass is 225 g/mol. The molecule has 4 N–H and O–H groups in total. The molecule has 0 unspecified atom stereocenters. The van der Waals surface area contributed by atoms with Crippen LogP contribution in [0.1, 0.15) is 20.8 Å². The van der Waals surface area contributed by atoms with E-state index in [1.807, 2.05) is 34.9 Å². The van der Waals surface area contributed by atoms with Gasteiger partial charge in [-0.05, 0) is 20.8 Å². The summed E-state index contributed by atoms with van der Waals surface area (Å²) in [6.45, 7) is 6.09. The number of nitrogens with two attached hydrogens (primary N) is 1. The third kappa shape index (κ3) is 3.50. The number of nitrogen functional groups attached to an aromatic ring is 1. The number of nitrogens with one attached hydrogen (secondary N) is 2. The molecule has 0 aliphatic heterocycles. The van der Waals surface area contributed by atoms with Gasteiger partial charge in [0.25, 0.3) is 0 Å². The predicted molar refractivity (Wildman–Crippen MR) is 65.3 cm³/mol. The predicted octanol–water partition coefficient (Wildman–Crippen LogP) is 0.434. The maximum Gasteiger partial charge on any atom is 0.243 e. The summed E-state index contributed by atoms with van der Waals surface area (Å²) in [6.07, 6.45) is 0. The van der Waals surface area contributed by atoms with Crippen LogP contribution < -0.4 is 21.5 Å². The Kier molecular flexibility index (Phi) is 3.48. The van der Waals surface area contributed by atoms with Crippen molar-refractivity contribution in [1.29, 1.82) is 0 Å². The summed E-state index contributed by atoms with van der Waals surface area (Å²) >= 11 is 0. The quantitative estimate of drug-likeness (QED) is 0.507. The van der Waals surface area contributed by atoms with Gasteiger partial charge in [0.05, 0.1) is 0 Å². The van der Waals surface area contributed by atoms with Crippen LogP contribution in [0, 0.1) is 0 Å². The van der Waals surface area contributed by atoms with E-state index in [0.717, 1.165) is 0 Å². The van der Waals surface area contributed by atoms with E-state index in [4.69, 9.17) is 5.84 Å². The Morgan fingerprint density at radius 1 is 1.06 bits per heavy atom. The number of nitrogens with zero attached hydrogens (tertiary/aromatic N) is 4. The summed E-state index contributed by atoms with van der Waals surface area (Å²) in [4.78, 5) is 14.3. The zero-order chi connectivity index (χ0) is 12.3. The third-order valence-electron chi connectivity index (χ3n) is 1.64. The van der Waals surface area contributed by atoms with Crippen LogP contribution in [0.2, 0.25) is 0 Å². The van der Waals surface area contributed by atoms with Gasteiger partial charge in [-0.1, -0.05) is 0 Å². The van der Waals surface area contributed by atoms with Crippen LogP contribution in [-0.4, -0.2) is 34.6 Å². The van der Waals surface area contributed by atoms with Crippen LogP contribution in [0.15, 0.2) is 0 Å². The van der Waals surface area contributed by atoms with Crippen molar-refractivity contribution in [3.05, 3.63) is 0 Å². The highest BCUT2D eigenvalue weighted by molar-refractivity contribution is 5.43. The molecule has 7 heteroatoms. The van der Waals surface area contributed by atoms with Crippen LogP contribution in [0.3, 0.4) is 0 Å². The van der Waals surface area contributed by atoms with Gasteiger partial charge in [-0.2, -0.15) is 15.0 Å². The Labute approximate surface area is 95.4 Å². The first-order valence-electron chi connectivity index (χ1n) is 5.00. The van der Waals surface area contributed by atoms with Crippen molar-refractivity contribution in [1.82, 2.24) is 15.0 Å². The number of hydrogen-bond donors (Lipinski definition) is 3. The lowest BCUT2D eigenvalue weighted by molar-refractivity contribution is 0.625. The first-order valence-corrected chi connectivity index (χ1v) is 5.00. The first-order chi connectivity index (χ1) is 7.31. The van der Waals surface area contributed by atoms with Crippen molar-refractivity contribution in [2.45, 2.75) is 26.3 Å². The van der Waals surface area contributed by atoms with E-state index < -0.39 is 0 Å². The molecule has 0 aliphatic rings. The van der Waals surface area contributed by atoms with Crippen LogP contribution in [0.25, 0.3) is 0 Å². The SMILES string of the molecule is CN(C)c1nc(NN)nc(NC(C)(C)C)n1. The normalized spacial score (nSPS) is 11.1. The van der Waals surface area contributed by atoms with Gasteiger partial charge in [-0.15, -0.1) is 0 Å². The minimum absolute atomic E-state index is 0.114. The van der Waals surface area contributed by atoms with Crippen molar-refractivity contribution in [2.75, 3.05) is 29.7 Å². The lowest BCUT2D eigenvalue weighted by Crippen LogP contribution is -2.28. The van der Waals surface area contributed by atoms with Crippen LogP contribution in [-0.2, 0) is 0 Å². The largest absolute Gasteiger partial charge is 0.349 e. The molecule has 1 aromatic rings. The van der Waals surface area contributed by atoms with Gasteiger partial charge >= 0.3 is 0 Å². The Bertz CT molecular complexity index is 355. The molecule has 1 rings (SSSR count). The minimum atomic E-state index is -0.114. The highest BCUT2D eigenvalue weighted by Gasteiger charge is 2.14. The molecule has 16 heavy (non-hydrogen) atoms. The minimum Gasteiger partial charge on any atom is -0.349 e. The number of hydrazine groups is 1. The number of anilines is 3. The summed E-state index contributed by atoms with van der Waals surface area (Å²) in [5.41, 5.74) is 2.31. The molecule has 0 atom stereocenters. The molecule has 7 nitrogen and oxygen atoms in total. The van der Waals surface area contributed by atoms with Gasteiger partial charge in [0.15, 0.2) is 0 Å². The highest BCUT2D eigenvalue weighted by atomic mass is 15.4. The summed E-state index contributed by atoms with van der Waals surface area (Å²) in [5, 5.41) is 3.17. The molecule has 0 spiro atoms. The average molecular weight is 225 g/mol. The van der Waals surface area contributed by atoms with Gasteiger partial charge in [0.2, 0.25) is 17.8 Å². The molecule has 0 bridgehead atoms. The second-order valence-corrected chi connectivity index (χ2v) is 4.70. The standard InChI is InChI=1S/C9H19N7/c1-9(2,3)14-6-11-7(15-10)13-8(12-6)16(4)5/h10H2,1-5H3,(H2,11,12,13,14,15). The molecule has 0 amide bonds. The van der Waals surface area contributed by atoms with Crippen molar-refractivity contribution in [2.24, 2.45) is 5.84 Å². The van der Waals surface area contributed by atoms with Crippen LogP contribution in [0.5, 0.6) is 0 Å². The maximum absolute atomic E-state index is 5.30. The highest BCUT2D eigenvalue weighted by Crippen LogP contribution is 2.14. The molecular weight excluding hydrogens is 206 g/mol. The molecular formula is C9H19N7. The van der Waals surface area contributed by atoms with Gasteiger partial charge in [0, 0.05) is 19.6 Å². The number of rotatable bonds is 3. The van der Waals surface area contributed by atoms with E-state index in [0.29, 0.717) is 17.8 Å². The molecule has 0 aromatic carbocycles. The van der Waals surface area contributed by atoms with E-state index in [1.54, 1.807) is 4.90 Å². The fourth-order valence-electron chi connectivity index (χ4n) is 1.02. The van der Waals surface area contributed by atoms with E-state index in [1.165, 1.54) is 0 Å². The van der Waals surface area contributed by atoms with Gasteiger partial charge in [0.1, 0.15) is 0 Å². The molecule has 0 radical (unpaired) electrons. The Morgan fingerprint density at radius 2 is 1.62 bits per heavy atom. The number of hydrogen-bond acceptors (Lipinski definition) is 7. The molecule has 0 aliphatic carbocycles.